The van der Waals surface area contributed by atoms with E-state index in [-0.39, 0.29) is 5.92 Å². The zero-order chi connectivity index (χ0) is 10.4. The summed E-state index contributed by atoms with van der Waals surface area (Å²) in [4.78, 5) is 4.18. The van der Waals surface area contributed by atoms with E-state index in [1.165, 1.54) is 0 Å². The molecule has 0 radical (unpaired) electrons. The molecule has 0 saturated carbocycles. The van der Waals surface area contributed by atoms with Gasteiger partial charge in [0.2, 0.25) is 5.89 Å². The maximum Gasteiger partial charge on any atom is 0.229 e. The van der Waals surface area contributed by atoms with Crippen LogP contribution in [-0.4, -0.2) is 30.3 Å². The van der Waals surface area contributed by atoms with Crippen LogP contribution in [0.3, 0.4) is 0 Å². The fourth-order valence-electron chi connectivity index (χ4n) is 0.898. The summed E-state index contributed by atoms with van der Waals surface area (Å²) in [5, 5.41) is 6.79. The molecule has 0 fully saturated rings. The van der Waals surface area contributed by atoms with Crippen molar-refractivity contribution in [1.82, 2.24) is 15.5 Å². The minimum Gasteiger partial charge on any atom is -0.372 e. The van der Waals surface area contributed by atoms with E-state index < -0.39 is 0 Å². The molecule has 0 spiro atoms. The van der Waals surface area contributed by atoms with Crippen molar-refractivity contribution in [2.24, 2.45) is 0 Å². The summed E-state index contributed by atoms with van der Waals surface area (Å²) in [7, 11) is 1.88. The van der Waals surface area contributed by atoms with E-state index in [1.54, 1.807) is 0 Å². The monoisotopic (exact) mass is 199 g/mol. The van der Waals surface area contributed by atoms with Gasteiger partial charge in [-0.05, 0) is 7.05 Å². The number of ether oxygens (including phenoxy) is 1. The van der Waals surface area contributed by atoms with Gasteiger partial charge in [-0.2, -0.15) is 4.98 Å². The third kappa shape index (κ3) is 3.43. The highest BCUT2D eigenvalue weighted by Crippen LogP contribution is 2.10. The minimum absolute atomic E-state index is 0.272. The van der Waals surface area contributed by atoms with Gasteiger partial charge in [0.1, 0.15) is 6.61 Å². The summed E-state index contributed by atoms with van der Waals surface area (Å²) < 4.78 is 10.3. The van der Waals surface area contributed by atoms with E-state index >= 15 is 0 Å². The lowest BCUT2D eigenvalue weighted by Gasteiger charge is -1.98. The molecule has 1 aromatic rings. The largest absolute Gasteiger partial charge is 0.372 e. The summed E-state index contributed by atoms with van der Waals surface area (Å²) in [6.45, 7) is 5.92. The molecule has 0 bridgehead atoms. The number of hydrogen-bond donors (Lipinski definition) is 1. The quantitative estimate of drug-likeness (QED) is 0.690. The minimum atomic E-state index is 0.272. The van der Waals surface area contributed by atoms with Crippen molar-refractivity contribution < 1.29 is 9.26 Å². The smallest absolute Gasteiger partial charge is 0.229 e. The highest BCUT2D eigenvalue weighted by atomic mass is 16.5. The first-order valence-corrected chi connectivity index (χ1v) is 4.79. The average molecular weight is 199 g/mol. The molecule has 14 heavy (non-hydrogen) atoms. The maximum absolute atomic E-state index is 5.31. The normalized spacial score (nSPS) is 11.1. The maximum atomic E-state index is 5.31. The number of hydrogen-bond acceptors (Lipinski definition) is 5. The summed E-state index contributed by atoms with van der Waals surface area (Å²) in [5.41, 5.74) is 0. The third-order valence-electron chi connectivity index (χ3n) is 1.71. The van der Waals surface area contributed by atoms with E-state index in [0.29, 0.717) is 24.9 Å². The van der Waals surface area contributed by atoms with E-state index in [1.807, 2.05) is 20.9 Å². The van der Waals surface area contributed by atoms with Gasteiger partial charge in [0.25, 0.3) is 0 Å². The highest BCUT2D eigenvalue weighted by Gasteiger charge is 2.09. The molecule has 0 aliphatic heterocycles. The molecule has 80 valence electrons. The van der Waals surface area contributed by atoms with E-state index in [2.05, 4.69) is 15.5 Å². The molecule has 1 N–H and O–H groups in total. The number of nitrogens with one attached hydrogen (secondary N) is 1. The topological polar surface area (TPSA) is 60.2 Å². The second-order valence-corrected chi connectivity index (χ2v) is 3.36. The van der Waals surface area contributed by atoms with Crippen LogP contribution in [0.15, 0.2) is 4.52 Å². The Morgan fingerprint density at radius 2 is 2.29 bits per heavy atom. The highest BCUT2D eigenvalue weighted by molar-refractivity contribution is 4.89. The summed E-state index contributed by atoms with van der Waals surface area (Å²) in [5.74, 6) is 1.55. The fourth-order valence-corrected chi connectivity index (χ4v) is 0.898. The Hall–Kier alpha value is -0.940. The van der Waals surface area contributed by atoms with Crippen LogP contribution >= 0.6 is 0 Å². The van der Waals surface area contributed by atoms with Gasteiger partial charge in [0.15, 0.2) is 5.82 Å². The molecule has 0 unspecified atom stereocenters. The second-order valence-electron chi connectivity index (χ2n) is 3.36. The van der Waals surface area contributed by atoms with Crippen molar-refractivity contribution in [2.75, 3.05) is 20.2 Å². The zero-order valence-corrected chi connectivity index (χ0v) is 8.91. The van der Waals surface area contributed by atoms with Gasteiger partial charge in [-0.3, -0.25) is 0 Å². The number of rotatable bonds is 6. The van der Waals surface area contributed by atoms with Gasteiger partial charge in [0.05, 0.1) is 6.61 Å². The Kier molecular flexibility index (Phi) is 4.55. The predicted octanol–water partition coefficient (Wildman–Crippen LogP) is 0.929. The first-order chi connectivity index (χ1) is 6.74. The average Bonchev–Trinajstić information content (AvgIpc) is 2.61. The fraction of sp³-hybridized carbons (Fsp3) is 0.778. The van der Waals surface area contributed by atoms with Crippen molar-refractivity contribution >= 4 is 0 Å². The molecule has 0 aromatic carbocycles. The van der Waals surface area contributed by atoms with Crippen LogP contribution in [0.4, 0.5) is 0 Å². The predicted molar refractivity (Wildman–Crippen MR) is 52.0 cm³/mol. The van der Waals surface area contributed by atoms with Crippen LogP contribution in [0, 0.1) is 0 Å². The number of likely N-dealkylation sites (N-methyl/N-ethyl adjacent to an activating group) is 1. The van der Waals surface area contributed by atoms with E-state index in [9.17, 15) is 0 Å². The molecule has 1 rings (SSSR count). The molecule has 0 saturated heterocycles. The molecule has 0 aliphatic carbocycles. The Labute approximate surface area is 83.8 Å². The molecule has 1 aromatic heterocycles. The van der Waals surface area contributed by atoms with Crippen molar-refractivity contribution in [3.05, 3.63) is 11.7 Å². The van der Waals surface area contributed by atoms with Gasteiger partial charge in [-0.1, -0.05) is 19.0 Å². The van der Waals surface area contributed by atoms with Crippen molar-refractivity contribution in [3.8, 4) is 0 Å². The van der Waals surface area contributed by atoms with Gasteiger partial charge in [-0.25, -0.2) is 0 Å². The van der Waals surface area contributed by atoms with E-state index in [4.69, 9.17) is 9.26 Å². The number of nitrogens with zero attached hydrogens (tertiary/aromatic N) is 2. The lowest BCUT2D eigenvalue weighted by Crippen LogP contribution is -2.14. The van der Waals surface area contributed by atoms with Crippen molar-refractivity contribution in [3.63, 3.8) is 0 Å². The molecule has 5 nitrogen and oxygen atoms in total. The SMILES string of the molecule is CNCCOCc1noc(C(C)C)n1. The Bertz CT molecular complexity index is 260. The Morgan fingerprint density at radius 3 is 2.86 bits per heavy atom. The second kappa shape index (κ2) is 5.72. The summed E-state index contributed by atoms with van der Waals surface area (Å²) in [6, 6.07) is 0. The van der Waals surface area contributed by atoms with Crippen molar-refractivity contribution in [1.29, 1.82) is 0 Å². The van der Waals surface area contributed by atoms with Crippen LogP contribution in [0.5, 0.6) is 0 Å². The van der Waals surface area contributed by atoms with E-state index in [0.717, 1.165) is 6.54 Å². The standard InChI is InChI=1S/C9H17N3O2/c1-7(2)9-11-8(12-14-9)6-13-5-4-10-3/h7,10H,4-6H2,1-3H3. The number of aromatic nitrogens is 2. The van der Waals surface area contributed by atoms with Crippen LogP contribution in [0.25, 0.3) is 0 Å². The molecule has 5 heteroatoms. The molecular weight excluding hydrogens is 182 g/mol. The Balaban J connectivity index is 2.29. The molecule has 0 amide bonds. The van der Waals surface area contributed by atoms with Gasteiger partial charge >= 0.3 is 0 Å². The lowest BCUT2D eigenvalue weighted by atomic mass is 10.2. The van der Waals surface area contributed by atoms with Gasteiger partial charge in [-0.15, -0.1) is 0 Å². The van der Waals surface area contributed by atoms with Gasteiger partial charge in [0, 0.05) is 12.5 Å². The van der Waals surface area contributed by atoms with Crippen LogP contribution in [0.1, 0.15) is 31.5 Å². The molecule has 0 aliphatic rings. The first kappa shape index (κ1) is 11.1. The summed E-state index contributed by atoms with van der Waals surface area (Å²) >= 11 is 0. The van der Waals surface area contributed by atoms with Crippen LogP contribution < -0.4 is 5.32 Å². The van der Waals surface area contributed by atoms with Crippen LogP contribution in [-0.2, 0) is 11.3 Å². The lowest BCUT2D eigenvalue weighted by molar-refractivity contribution is 0.116. The first-order valence-electron chi connectivity index (χ1n) is 4.79. The van der Waals surface area contributed by atoms with Crippen LogP contribution in [0.2, 0.25) is 0 Å². The zero-order valence-electron chi connectivity index (χ0n) is 8.91. The molecule has 0 atom stereocenters. The van der Waals surface area contributed by atoms with Gasteiger partial charge < -0.3 is 14.6 Å². The third-order valence-corrected chi connectivity index (χ3v) is 1.71. The molecule has 1 heterocycles. The van der Waals surface area contributed by atoms with Crippen molar-refractivity contribution in [2.45, 2.75) is 26.4 Å². The summed E-state index contributed by atoms with van der Waals surface area (Å²) in [6.07, 6.45) is 0. The molecular formula is C9H17N3O2. The Morgan fingerprint density at radius 1 is 1.50 bits per heavy atom.